The number of hydrogen-bond donors (Lipinski definition) is 0. The van der Waals surface area contributed by atoms with Gasteiger partial charge in [-0.25, -0.2) is 8.78 Å². The van der Waals surface area contributed by atoms with Crippen LogP contribution in [0.5, 0.6) is 0 Å². The molecular formula is C13H7BrCl2F2. The third-order valence-electron chi connectivity index (χ3n) is 2.47. The Kier molecular flexibility index (Phi) is 4.25. The Morgan fingerprint density at radius 3 is 2.39 bits per heavy atom. The summed E-state index contributed by atoms with van der Waals surface area (Å²) in [7, 11) is 0. The van der Waals surface area contributed by atoms with Crippen molar-refractivity contribution in [3.05, 3.63) is 68.7 Å². The quantitative estimate of drug-likeness (QED) is 0.608. The molecule has 0 amide bonds. The van der Waals surface area contributed by atoms with Gasteiger partial charge in [0.25, 0.3) is 0 Å². The second-order valence-corrected chi connectivity index (χ2v) is 5.40. The van der Waals surface area contributed by atoms with Crippen molar-refractivity contribution in [3.63, 3.8) is 0 Å². The van der Waals surface area contributed by atoms with Crippen LogP contribution in [0.3, 0.4) is 0 Å². The Labute approximate surface area is 122 Å². The Balaban J connectivity index is 2.41. The van der Waals surface area contributed by atoms with Crippen LogP contribution < -0.4 is 0 Å². The molecule has 0 aromatic heterocycles. The second kappa shape index (κ2) is 5.55. The summed E-state index contributed by atoms with van der Waals surface area (Å²) in [6.07, 6.45) is 0. The minimum atomic E-state index is -0.712. The fourth-order valence-corrected chi connectivity index (χ4v) is 2.30. The summed E-state index contributed by atoms with van der Waals surface area (Å²) in [6, 6.07) is 8.43. The summed E-state index contributed by atoms with van der Waals surface area (Å²) in [4.78, 5) is 0. The van der Waals surface area contributed by atoms with Gasteiger partial charge in [0.05, 0.1) is 10.4 Å². The summed E-state index contributed by atoms with van der Waals surface area (Å²) >= 11 is 15.4. The zero-order valence-corrected chi connectivity index (χ0v) is 12.0. The molecule has 0 heterocycles. The topological polar surface area (TPSA) is 0 Å². The van der Waals surface area contributed by atoms with Gasteiger partial charge in [0.1, 0.15) is 11.6 Å². The van der Waals surface area contributed by atoms with Crippen LogP contribution in [-0.4, -0.2) is 0 Å². The molecule has 0 N–H and O–H groups in total. The van der Waals surface area contributed by atoms with Crippen molar-refractivity contribution >= 4 is 39.1 Å². The highest BCUT2D eigenvalue weighted by Crippen LogP contribution is 2.34. The smallest absolute Gasteiger partial charge is 0.131 e. The number of hydrogen-bond acceptors (Lipinski definition) is 0. The summed E-state index contributed by atoms with van der Waals surface area (Å²) < 4.78 is 27.2. The molecule has 0 saturated carbocycles. The van der Waals surface area contributed by atoms with Gasteiger partial charge >= 0.3 is 0 Å². The lowest BCUT2D eigenvalue weighted by molar-refractivity contribution is 0.573. The fraction of sp³-hybridized carbons (Fsp3) is 0.0769. The molecule has 0 aliphatic heterocycles. The van der Waals surface area contributed by atoms with E-state index in [0.717, 1.165) is 10.5 Å². The molecule has 2 aromatic carbocycles. The predicted molar refractivity (Wildman–Crippen MR) is 73.2 cm³/mol. The SMILES string of the molecule is Fc1ccc(C(Cl)c2ccc(Br)c(Cl)c2)c(F)c1. The largest absolute Gasteiger partial charge is 0.207 e. The third-order valence-corrected chi connectivity index (χ3v) is 4.19. The molecule has 0 spiro atoms. The van der Waals surface area contributed by atoms with Crippen LogP contribution in [0.2, 0.25) is 5.02 Å². The van der Waals surface area contributed by atoms with Gasteiger partial charge in [-0.15, -0.1) is 11.6 Å². The first-order valence-corrected chi connectivity index (χ1v) is 6.63. The molecule has 0 nitrogen and oxygen atoms in total. The van der Waals surface area contributed by atoms with E-state index in [2.05, 4.69) is 15.9 Å². The molecule has 0 fully saturated rings. The molecular weight excluding hydrogens is 345 g/mol. The summed E-state index contributed by atoms with van der Waals surface area (Å²) in [5.41, 5.74) is 0.867. The number of benzene rings is 2. The first-order chi connectivity index (χ1) is 8.49. The Hall–Kier alpha value is -0.640. The second-order valence-electron chi connectivity index (χ2n) is 3.70. The van der Waals surface area contributed by atoms with Gasteiger partial charge < -0.3 is 0 Å². The summed E-state index contributed by atoms with van der Waals surface area (Å²) in [6.45, 7) is 0. The van der Waals surface area contributed by atoms with Crippen LogP contribution in [0.4, 0.5) is 8.78 Å². The molecule has 0 aliphatic rings. The van der Waals surface area contributed by atoms with E-state index in [4.69, 9.17) is 23.2 Å². The zero-order chi connectivity index (χ0) is 13.3. The van der Waals surface area contributed by atoms with E-state index < -0.39 is 17.0 Å². The van der Waals surface area contributed by atoms with E-state index >= 15 is 0 Å². The van der Waals surface area contributed by atoms with Crippen LogP contribution in [0.1, 0.15) is 16.5 Å². The standard InChI is InChI=1S/C13H7BrCl2F2/c14-10-4-1-7(5-11(10)15)13(16)9-3-2-8(17)6-12(9)18/h1-6,13H. The summed E-state index contributed by atoms with van der Waals surface area (Å²) in [5, 5.41) is -0.225. The highest BCUT2D eigenvalue weighted by atomic mass is 79.9. The molecule has 1 unspecified atom stereocenters. The molecule has 2 rings (SSSR count). The highest BCUT2D eigenvalue weighted by molar-refractivity contribution is 9.10. The minimum absolute atomic E-state index is 0.219. The van der Waals surface area contributed by atoms with Crippen LogP contribution in [0.25, 0.3) is 0 Å². The van der Waals surface area contributed by atoms with Crippen LogP contribution in [-0.2, 0) is 0 Å². The summed E-state index contributed by atoms with van der Waals surface area (Å²) in [5.74, 6) is -1.30. The van der Waals surface area contributed by atoms with Crippen LogP contribution in [0.15, 0.2) is 40.9 Å². The van der Waals surface area contributed by atoms with E-state index in [1.54, 1.807) is 18.2 Å². The van der Waals surface area contributed by atoms with E-state index in [9.17, 15) is 8.78 Å². The van der Waals surface area contributed by atoms with Crippen LogP contribution in [0, 0.1) is 11.6 Å². The lowest BCUT2D eigenvalue weighted by Crippen LogP contribution is -1.98. The van der Waals surface area contributed by atoms with Crippen molar-refractivity contribution in [3.8, 4) is 0 Å². The van der Waals surface area contributed by atoms with E-state index in [0.29, 0.717) is 10.6 Å². The maximum Gasteiger partial charge on any atom is 0.131 e. The van der Waals surface area contributed by atoms with E-state index in [1.165, 1.54) is 12.1 Å². The zero-order valence-electron chi connectivity index (χ0n) is 8.93. The van der Waals surface area contributed by atoms with Gasteiger partial charge in [0.2, 0.25) is 0 Å². The lowest BCUT2D eigenvalue weighted by atomic mass is 10.0. The number of rotatable bonds is 2. The number of alkyl halides is 1. The molecule has 18 heavy (non-hydrogen) atoms. The first-order valence-electron chi connectivity index (χ1n) is 5.03. The van der Waals surface area contributed by atoms with Gasteiger partial charge in [-0.3, -0.25) is 0 Å². The van der Waals surface area contributed by atoms with E-state index in [1.807, 2.05) is 0 Å². The average Bonchev–Trinajstić information content (AvgIpc) is 2.32. The van der Waals surface area contributed by atoms with Crippen molar-refractivity contribution in [1.29, 1.82) is 0 Å². The highest BCUT2D eigenvalue weighted by Gasteiger charge is 2.16. The van der Waals surface area contributed by atoms with Crippen molar-refractivity contribution < 1.29 is 8.78 Å². The molecule has 1 atom stereocenters. The molecule has 5 heteroatoms. The Morgan fingerprint density at radius 2 is 1.78 bits per heavy atom. The molecule has 0 radical (unpaired) electrons. The maximum absolute atomic E-state index is 13.6. The van der Waals surface area contributed by atoms with E-state index in [-0.39, 0.29) is 5.56 Å². The Bertz CT molecular complexity index is 587. The predicted octanol–water partition coefficient (Wildman–Crippen LogP) is 5.71. The molecule has 0 saturated heterocycles. The molecule has 0 bridgehead atoms. The maximum atomic E-state index is 13.6. The first kappa shape index (κ1) is 13.8. The van der Waals surface area contributed by atoms with Gasteiger partial charge in [-0.05, 0) is 39.7 Å². The minimum Gasteiger partial charge on any atom is -0.207 e. The van der Waals surface area contributed by atoms with Crippen molar-refractivity contribution in [1.82, 2.24) is 0 Å². The van der Waals surface area contributed by atoms with Gasteiger partial charge in [0.15, 0.2) is 0 Å². The Morgan fingerprint density at radius 1 is 1.06 bits per heavy atom. The van der Waals surface area contributed by atoms with Crippen LogP contribution >= 0.6 is 39.1 Å². The third kappa shape index (κ3) is 2.85. The van der Waals surface area contributed by atoms with Crippen molar-refractivity contribution in [2.24, 2.45) is 0 Å². The average molecular weight is 352 g/mol. The van der Waals surface area contributed by atoms with Crippen molar-refractivity contribution in [2.75, 3.05) is 0 Å². The van der Waals surface area contributed by atoms with Gasteiger partial charge in [-0.1, -0.05) is 23.7 Å². The fourth-order valence-electron chi connectivity index (χ4n) is 1.56. The molecule has 0 aliphatic carbocycles. The van der Waals surface area contributed by atoms with Gasteiger partial charge in [0, 0.05) is 16.1 Å². The monoisotopic (exact) mass is 350 g/mol. The van der Waals surface area contributed by atoms with Gasteiger partial charge in [-0.2, -0.15) is 0 Å². The van der Waals surface area contributed by atoms with Crippen molar-refractivity contribution in [2.45, 2.75) is 5.38 Å². The molecule has 2 aromatic rings. The lowest BCUT2D eigenvalue weighted by Gasteiger charge is -2.12. The molecule has 94 valence electrons. The number of halogens is 5. The normalized spacial score (nSPS) is 12.5.